The van der Waals surface area contributed by atoms with Crippen molar-refractivity contribution in [3.05, 3.63) is 71.4 Å². The molecule has 0 aliphatic rings. The molecule has 1 aromatic heterocycles. The summed E-state index contributed by atoms with van der Waals surface area (Å²) in [6.07, 6.45) is 1.86. The molecule has 0 fully saturated rings. The van der Waals surface area contributed by atoms with E-state index < -0.39 is 19.9 Å². The number of nitrogens with zero attached hydrogens (tertiary/aromatic N) is 1. The molecule has 0 aliphatic carbocycles. The molecule has 4 nitrogen and oxygen atoms in total. The zero-order valence-electron chi connectivity index (χ0n) is 21.0. The Kier molecular flexibility index (Phi) is 6.35. The molecule has 1 N–H and O–H groups in total. The highest BCUT2D eigenvalue weighted by molar-refractivity contribution is 6.79. The van der Waals surface area contributed by atoms with Gasteiger partial charge in [-0.1, -0.05) is 81.9 Å². The van der Waals surface area contributed by atoms with Crippen LogP contribution < -0.4 is 5.32 Å². The van der Waals surface area contributed by atoms with E-state index in [4.69, 9.17) is 4.74 Å². The minimum absolute atomic E-state index is 0.170. The van der Waals surface area contributed by atoms with Gasteiger partial charge in [-0.05, 0) is 44.4 Å². The average molecular weight is 451 g/mol. The lowest BCUT2D eigenvalue weighted by Crippen LogP contribution is -2.45. The van der Waals surface area contributed by atoms with Crippen molar-refractivity contribution in [1.29, 1.82) is 0 Å². The number of ether oxygens (including phenoxy) is 1. The molecule has 172 valence electrons. The van der Waals surface area contributed by atoms with Gasteiger partial charge in [0.05, 0.1) is 6.04 Å². The molecular formula is C27H38N2O2Si. The highest BCUT2D eigenvalue weighted by Crippen LogP contribution is 2.41. The predicted molar refractivity (Wildman–Crippen MR) is 137 cm³/mol. The summed E-state index contributed by atoms with van der Waals surface area (Å²) in [7, 11) is -1.89. The van der Waals surface area contributed by atoms with Gasteiger partial charge in [0.25, 0.3) is 0 Å². The second-order valence-electron chi connectivity index (χ2n) is 11.3. The molecule has 0 saturated heterocycles. The molecule has 0 aliphatic heterocycles. The van der Waals surface area contributed by atoms with Crippen molar-refractivity contribution in [3.8, 4) is 0 Å². The van der Waals surface area contributed by atoms with Gasteiger partial charge in [0.2, 0.25) is 0 Å². The minimum Gasteiger partial charge on any atom is -0.444 e. The van der Waals surface area contributed by atoms with Crippen LogP contribution in [0.25, 0.3) is 10.9 Å². The number of rotatable bonds is 4. The van der Waals surface area contributed by atoms with Gasteiger partial charge in [-0.3, -0.25) is 0 Å². The molecule has 3 rings (SSSR count). The fourth-order valence-corrected chi connectivity index (χ4v) is 5.86. The minimum atomic E-state index is -1.89. The average Bonchev–Trinajstić information content (AvgIpc) is 3.04. The Hall–Kier alpha value is -2.53. The first kappa shape index (κ1) is 24.1. The van der Waals surface area contributed by atoms with Crippen LogP contribution in [-0.2, 0) is 4.74 Å². The fraction of sp³-hybridized carbons (Fsp3) is 0.444. The van der Waals surface area contributed by atoms with E-state index in [0.29, 0.717) is 0 Å². The molecule has 5 heteroatoms. The monoisotopic (exact) mass is 450 g/mol. The summed E-state index contributed by atoms with van der Waals surface area (Å²) in [5, 5.41) is 4.51. The second kappa shape index (κ2) is 8.43. The number of fused-ring (bicyclic) bond motifs is 1. The first-order chi connectivity index (χ1) is 14.7. The molecule has 0 spiro atoms. The number of amides is 1. The van der Waals surface area contributed by atoms with Crippen LogP contribution in [0, 0.1) is 6.92 Å². The van der Waals surface area contributed by atoms with Gasteiger partial charge in [0.15, 0.2) is 8.24 Å². The number of nitrogens with one attached hydrogen (secondary N) is 1. The van der Waals surface area contributed by atoms with Crippen LogP contribution in [-0.4, -0.2) is 24.2 Å². The lowest BCUT2D eigenvalue weighted by molar-refractivity contribution is 0.0512. The summed E-state index contributed by atoms with van der Waals surface area (Å²) in [5.74, 6) is 0. The van der Waals surface area contributed by atoms with Crippen LogP contribution >= 0.6 is 0 Å². The molecule has 1 amide bonds. The zero-order chi connectivity index (χ0) is 23.9. The summed E-state index contributed by atoms with van der Waals surface area (Å²) in [6.45, 7) is 19.5. The van der Waals surface area contributed by atoms with E-state index in [2.05, 4.69) is 99.0 Å². The van der Waals surface area contributed by atoms with E-state index in [0.717, 1.165) is 16.7 Å². The van der Waals surface area contributed by atoms with Gasteiger partial charge in [0, 0.05) is 22.7 Å². The molecule has 0 radical (unpaired) electrons. The van der Waals surface area contributed by atoms with Gasteiger partial charge in [0.1, 0.15) is 5.60 Å². The smallest absolute Gasteiger partial charge is 0.408 e. The number of para-hydroxylation sites is 1. The van der Waals surface area contributed by atoms with E-state index in [1.54, 1.807) is 0 Å². The van der Waals surface area contributed by atoms with Crippen molar-refractivity contribution in [3.63, 3.8) is 0 Å². The Bertz CT molecular complexity index is 1120. The summed E-state index contributed by atoms with van der Waals surface area (Å²) in [6, 6.07) is 16.6. The number of aryl methyl sites for hydroxylation is 1. The molecule has 0 bridgehead atoms. The van der Waals surface area contributed by atoms with E-state index in [9.17, 15) is 4.79 Å². The highest BCUT2D eigenvalue weighted by Gasteiger charge is 2.39. The maximum Gasteiger partial charge on any atom is 0.408 e. The Morgan fingerprint density at radius 2 is 1.66 bits per heavy atom. The standard InChI is InChI=1S/C27H38N2O2Si/c1-19-13-12-14-20(17-19)24(28-25(30)31-26(2,3)4)22-18-29(32(8,9)27(5,6)7)23-16-11-10-15-21(22)23/h10-18,24H,1-9H3,(H,28,30). The van der Waals surface area contributed by atoms with Crippen molar-refractivity contribution < 1.29 is 9.53 Å². The van der Waals surface area contributed by atoms with Crippen molar-refractivity contribution in [2.75, 3.05) is 0 Å². The van der Waals surface area contributed by atoms with Crippen LogP contribution in [0.2, 0.25) is 18.1 Å². The fourth-order valence-electron chi connectivity index (χ4n) is 3.88. The molecule has 32 heavy (non-hydrogen) atoms. The molecular weight excluding hydrogens is 412 g/mol. The molecule has 1 heterocycles. The summed E-state index contributed by atoms with van der Waals surface area (Å²) in [5.41, 5.74) is 3.97. The first-order valence-electron chi connectivity index (χ1n) is 11.4. The summed E-state index contributed by atoms with van der Waals surface area (Å²) < 4.78 is 8.13. The van der Waals surface area contributed by atoms with Gasteiger partial charge in [-0.2, -0.15) is 0 Å². The van der Waals surface area contributed by atoms with Crippen LogP contribution in [0.4, 0.5) is 4.79 Å². The number of carbonyl (C=O) groups excluding carboxylic acids is 1. The van der Waals surface area contributed by atoms with Gasteiger partial charge >= 0.3 is 6.09 Å². The quantitative estimate of drug-likeness (QED) is 0.420. The maximum absolute atomic E-state index is 12.9. The molecule has 2 aromatic carbocycles. The Morgan fingerprint density at radius 3 is 2.25 bits per heavy atom. The van der Waals surface area contributed by atoms with E-state index >= 15 is 0 Å². The van der Waals surface area contributed by atoms with Crippen molar-refractivity contribution in [2.24, 2.45) is 0 Å². The first-order valence-corrected chi connectivity index (χ1v) is 14.3. The molecule has 3 aromatic rings. The largest absolute Gasteiger partial charge is 0.444 e. The third kappa shape index (κ3) is 4.93. The van der Waals surface area contributed by atoms with Crippen LogP contribution in [0.1, 0.15) is 64.3 Å². The van der Waals surface area contributed by atoms with Crippen LogP contribution in [0.15, 0.2) is 54.7 Å². The molecule has 1 unspecified atom stereocenters. The van der Waals surface area contributed by atoms with E-state index in [1.807, 2.05) is 26.8 Å². The molecule has 0 saturated carbocycles. The number of carbonyl (C=O) groups is 1. The van der Waals surface area contributed by atoms with E-state index in [-0.39, 0.29) is 11.1 Å². The van der Waals surface area contributed by atoms with Crippen LogP contribution in [0.5, 0.6) is 0 Å². The van der Waals surface area contributed by atoms with Gasteiger partial charge < -0.3 is 14.3 Å². The SMILES string of the molecule is Cc1cccc(C(NC(=O)OC(C)(C)C)c2cn([Si](C)(C)C(C)(C)C)c3ccccc23)c1. The number of hydrogen-bond donors (Lipinski definition) is 1. The Balaban J connectivity index is 2.21. The lowest BCUT2D eigenvalue weighted by atomic mass is 9.97. The highest BCUT2D eigenvalue weighted by atomic mass is 28.3. The number of alkyl carbamates (subject to hydrolysis) is 1. The zero-order valence-corrected chi connectivity index (χ0v) is 22.0. The normalized spacial score (nSPS) is 13.8. The third-order valence-electron chi connectivity index (χ3n) is 6.53. The van der Waals surface area contributed by atoms with Crippen molar-refractivity contribution in [1.82, 2.24) is 9.55 Å². The topological polar surface area (TPSA) is 43.3 Å². The Labute approximate surface area is 194 Å². The van der Waals surface area contributed by atoms with E-state index in [1.165, 1.54) is 10.9 Å². The summed E-state index contributed by atoms with van der Waals surface area (Å²) in [4.78, 5) is 12.9. The third-order valence-corrected chi connectivity index (χ3v) is 11.8. The number of aromatic nitrogens is 1. The molecule has 1 atom stereocenters. The van der Waals surface area contributed by atoms with Gasteiger partial charge in [-0.15, -0.1) is 0 Å². The predicted octanol–water partition coefficient (Wildman–Crippen LogP) is 7.42. The van der Waals surface area contributed by atoms with Crippen molar-refractivity contribution >= 4 is 25.2 Å². The summed E-state index contributed by atoms with van der Waals surface area (Å²) >= 11 is 0. The van der Waals surface area contributed by atoms with Gasteiger partial charge in [-0.25, -0.2) is 4.79 Å². The van der Waals surface area contributed by atoms with Crippen molar-refractivity contribution in [2.45, 2.75) is 78.2 Å². The second-order valence-corrected chi connectivity index (χ2v) is 16.4. The number of hydrogen-bond acceptors (Lipinski definition) is 2. The van der Waals surface area contributed by atoms with Crippen LogP contribution in [0.3, 0.4) is 0 Å². The Morgan fingerprint density at radius 1 is 1.00 bits per heavy atom. The number of benzene rings is 2. The lowest BCUT2D eigenvalue weighted by Gasteiger charge is -2.38. The maximum atomic E-state index is 12.9.